The molecular weight excluding hydrogens is 218 g/mol. The molecule has 1 aromatic rings. The average molecular weight is 241 g/mol. The van der Waals surface area contributed by atoms with Crippen LogP contribution in [-0.2, 0) is 12.0 Å². The van der Waals surface area contributed by atoms with Gasteiger partial charge in [-0.3, -0.25) is 0 Å². The molecule has 1 nitrogen and oxygen atoms in total. The zero-order valence-corrected chi connectivity index (χ0v) is 11.3. The monoisotopic (exact) mass is 241 g/mol. The Kier molecular flexibility index (Phi) is 2.35. The molecule has 1 heteroatoms. The Morgan fingerprint density at radius 1 is 1.17 bits per heavy atom. The van der Waals surface area contributed by atoms with Gasteiger partial charge >= 0.3 is 0 Å². The van der Waals surface area contributed by atoms with Gasteiger partial charge in [0.05, 0.1) is 0 Å². The van der Waals surface area contributed by atoms with Crippen LogP contribution in [0.25, 0.3) is 0 Å². The van der Waals surface area contributed by atoms with E-state index >= 15 is 0 Å². The fraction of sp³-hybridized carbons (Fsp3) is 0.647. The molecule has 18 heavy (non-hydrogen) atoms. The second-order valence-corrected chi connectivity index (χ2v) is 6.75. The first-order valence-electron chi connectivity index (χ1n) is 7.61. The van der Waals surface area contributed by atoms with Gasteiger partial charge in [-0.1, -0.05) is 23.8 Å². The SMILES string of the molecule is Cc1ccc(C2(C3CC3)CC2)c(CNC2CC2)c1. The van der Waals surface area contributed by atoms with Crippen LogP contribution in [0.3, 0.4) is 0 Å². The summed E-state index contributed by atoms with van der Waals surface area (Å²) in [6, 6.07) is 7.99. The summed E-state index contributed by atoms with van der Waals surface area (Å²) >= 11 is 0. The highest BCUT2D eigenvalue weighted by molar-refractivity contribution is 5.42. The van der Waals surface area contributed by atoms with E-state index in [4.69, 9.17) is 0 Å². The molecule has 0 amide bonds. The highest BCUT2D eigenvalue weighted by Crippen LogP contribution is 2.62. The highest BCUT2D eigenvalue weighted by Gasteiger charge is 2.55. The third kappa shape index (κ3) is 1.89. The summed E-state index contributed by atoms with van der Waals surface area (Å²) < 4.78 is 0. The van der Waals surface area contributed by atoms with Crippen LogP contribution in [0.15, 0.2) is 18.2 Å². The zero-order valence-electron chi connectivity index (χ0n) is 11.3. The third-order valence-electron chi connectivity index (χ3n) is 5.10. The maximum atomic E-state index is 3.70. The molecule has 4 rings (SSSR count). The van der Waals surface area contributed by atoms with Crippen LogP contribution in [-0.4, -0.2) is 6.04 Å². The predicted octanol–water partition coefficient (Wildman–Crippen LogP) is 3.69. The van der Waals surface area contributed by atoms with E-state index in [2.05, 4.69) is 30.4 Å². The van der Waals surface area contributed by atoms with E-state index in [-0.39, 0.29) is 0 Å². The number of aryl methyl sites for hydroxylation is 1. The Balaban J connectivity index is 1.63. The van der Waals surface area contributed by atoms with E-state index in [1.165, 1.54) is 44.1 Å². The van der Waals surface area contributed by atoms with Crippen LogP contribution < -0.4 is 5.32 Å². The Labute approximate surface area is 110 Å². The molecule has 0 aliphatic heterocycles. The van der Waals surface area contributed by atoms with Gasteiger partial charge in [0.15, 0.2) is 0 Å². The predicted molar refractivity (Wildman–Crippen MR) is 74.7 cm³/mol. The molecule has 0 unspecified atom stereocenters. The van der Waals surface area contributed by atoms with E-state index < -0.39 is 0 Å². The fourth-order valence-electron chi connectivity index (χ4n) is 3.56. The Hall–Kier alpha value is -0.820. The lowest BCUT2D eigenvalue weighted by molar-refractivity contribution is 0.580. The van der Waals surface area contributed by atoms with Crippen molar-refractivity contribution in [3.8, 4) is 0 Å². The molecular formula is C17H23N. The molecule has 0 heterocycles. The molecule has 0 saturated heterocycles. The molecule has 3 aliphatic carbocycles. The van der Waals surface area contributed by atoms with Crippen LogP contribution in [0.2, 0.25) is 0 Å². The zero-order chi connectivity index (χ0) is 12.2. The van der Waals surface area contributed by atoms with Crippen LogP contribution in [0, 0.1) is 12.8 Å². The van der Waals surface area contributed by atoms with Crippen molar-refractivity contribution in [1.82, 2.24) is 5.32 Å². The van der Waals surface area contributed by atoms with Crippen molar-refractivity contribution in [2.75, 3.05) is 0 Å². The molecule has 3 aliphatic rings. The van der Waals surface area contributed by atoms with E-state index in [1.807, 2.05) is 0 Å². The number of hydrogen-bond acceptors (Lipinski definition) is 1. The van der Waals surface area contributed by atoms with E-state index in [0.29, 0.717) is 5.41 Å². The molecule has 96 valence electrons. The van der Waals surface area contributed by atoms with Gasteiger partial charge in [0, 0.05) is 12.6 Å². The van der Waals surface area contributed by atoms with Gasteiger partial charge in [0.25, 0.3) is 0 Å². The first-order chi connectivity index (χ1) is 8.78. The summed E-state index contributed by atoms with van der Waals surface area (Å²) in [7, 11) is 0. The lowest BCUT2D eigenvalue weighted by Gasteiger charge is -2.20. The first-order valence-corrected chi connectivity index (χ1v) is 7.61. The van der Waals surface area contributed by atoms with Crippen molar-refractivity contribution in [2.24, 2.45) is 5.92 Å². The van der Waals surface area contributed by atoms with E-state index in [1.54, 1.807) is 11.1 Å². The van der Waals surface area contributed by atoms with Crippen LogP contribution in [0.1, 0.15) is 55.2 Å². The second kappa shape index (κ2) is 3.84. The van der Waals surface area contributed by atoms with Crippen molar-refractivity contribution < 1.29 is 0 Å². The van der Waals surface area contributed by atoms with Gasteiger partial charge in [-0.15, -0.1) is 0 Å². The van der Waals surface area contributed by atoms with Crippen LogP contribution in [0.4, 0.5) is 0 Å². The lowest BCUT2D eigenvalue weighted by atomic mass is 9.86. The Morgan fingerprint density at radius 3 is 2.56 bits per heavy atom. The summed E-state index contributed by atoms with van der Waals surface area (Å²) in [5.74, 6) is 1.01. The van der Waals surface area contributed by atoms with Crippen molar-refractivity contribution in [1.29, 1.82) is 0 Å². The summed E-state index contributed by atoms with van der Waals surface area (Å²) in [4.78, 5) is 0. The molecule has 3 fully saturated rings. The van der Waals surface area contributed by atoms with Crippen molar-refractivity contribution in [3.63, 3.8) is 0 Å². The summed E-state index contributed by atoms with van der Waals surface area (Å²) in [5.41, 5.74) is 5.29. The molecule has 0 radical (unpaired) electrons. The average Bonchev–Trinajstić information content (AvgIpc) is 3.24. The molecule has 3 saturated carbocycles. The van der Waals surface area contributed by atoms with Gasteiger partial charge in [-0.25, -0.2) is 0 Å². The maximum Gasteiger partial charge on any atom is 0.0211 e. The molecule has 0 bridgehead atoms. The Bertz CT molecular complexity index is 464. The smallest absolute Gasteiger partial charge is 0.0211 e. The number of benzene rings is 1. The maximum absolute atomic E-state index is 3.70. The van der Waals surface area contributed by atoms with Gasteiger partial charge in [-0.2, -0.15) is 0 Å². The minimum absolute atomic E-state index is 0.605. The first kappa shape index (κ1) is 11.0. The molecule has 0 aromatic heterocycles. The second-order valence-electron chi connectivity index (χ2n) is 6.75. The Morgan fingerprint density at radius 2 is 1.94 bits per heavy atom. The molecule has 1 aromatic carbocycles. The fourth-order valence-corrected chi connectivity index (χ4v) is 3.56. The van der Waals surface area contributed by atoms with Gasteiger partial charge in [0.1, 0.15) is 0 Å². The minimum atomic E-state index is 0.605. The summed E-state index contributed by atoms with van der Waals surface area (Å²) in [6.07, 6.45) is 8.60. The normalized spacial score (nSPS) is 25.2. The molecule has 0 atom stereocenters. The quantitative estimate of drug-likeness (QED) is 0.829. The van der Waals surface area contributed by atoms with Gasteiger partial charge < -0.3 is 5.32 Å². The highest BCUT2D eigenvalue weighted by atomic mass is 14.9. The number of hydrogen-bond donors (Lipinski definition) is 1. The van der Waals surface area contributed by atoms with Crippen molar-refractivity contribution in [3.05, 3.63) is 34.9 Å². The summed E-state index contributed by atoms with van der Waals surface area (Å²) in [6.45, 7) is 3.32. The molecule has 1 N–H and O–H groups in total. The number of rotatable bonds is 5. The van der Waals surface area contributed by atoms with Gasteiger partial charge in [0.2, 0.25) is 0 Å². The van der Waals surface area contributed by atoms with E-state index in [9.17, 15) is 0 Å². The van der Waals surface area contributed by atoms with E-state index in [0.717, 1.165) is 18.5 Å². The van der Waals surface area contributed by atoms with Gasteiger partial charge in [-0.05, 0) is 67.9 Å². The van der Waals surface area contributed by atoms with Crippen LogP contribution in [0.5, 0.6) is 0 Å². The number of nitrogens with one attached hydrogen (secondary N) is 1. The van der Waals surface area contributed by atoms with Crippen molar-refractivity contribution >= 4 is 0 Å². The van der Waals surface area contributed by atoms with Crippen molar-refractivity contribution in [2.45, 2.75) is 63.5 Å². The van der Waals surface area contributed by atoms with Crippen LogP contribution >= 0.6 is 0 Å². The molecule has 0 spiro atoms. The minimum Gasteiger partial charge on any atom is -0.310 e. The summed E-state index contributed by atoms with van der Waals surface area (Å²) in [5, 5.41) is 3.70. The largest absolute Gasteiger partial charge is 0.310 e. The lowest BCUT2D eigenvalue weighted by Crippen LogP contribution is -2.20. The topological polar surface area (TPSA) is 12.0 Å². The standard InChI is InChI=1S/C17H23N/c1-12-2-7-16(17(8-9-17)14-3-4-14)13(10-12)11-18-15-5-6-15/h2,7,10,14-15,18H,3-6,8-9,11H2,1H3. The third-order valence-corrected chi connectivity index (χ3v) is 5.10.